The predicted octanol–water partition coefficient (Wildman–Crippen LogP) is 2.64. The van der Waals surface area contributed by atoms with Crippen LogP contribution in [-0.4, -0.2) is 36.6 Å². The second-order valence-electron chi connectivity index (χ2n) is 6.39. The molecule has 1 saturated carbocycles. The van der Waals surface area contributed by atoms with E-state index in [-0.39, 0.29) is 0 Å². The Morgan fingerprint density at radius 3 is 2.71 bits per heavy atom. The molecule has 1 aliphatic carbocycles. The highest BCUT2D eigenvalue weighted by molar-refractivity contribution is 4.96. The third kappa shape index (κ3) is 2.26. The molecule has 3 fully saturated rings. The van der Waals surface area contributed by atoms with Crippen LogP contribution >= 0.6 is 0 Å². The summed E-state index contributed by atoms with van der Waals surface area (Å²) in [5.41, 5.74) is 0. The molecule has 17 heavy (non-hydrogen) atoms. The number of nitrogens with one attached hydrogen (secondary N) is 1. The van der Waals surface area contributed by atoms with Crippen LogP contribution in [0.5, 0.6) is 0 Å². The van der Waals surface area contributed by atoms with Crippen LogP contribution in [0.1, 0.15) is 51.9 Å². The van der Waals surface area contributed by atoms with Gasteiger partial charge in [0.15, 0.2) is 0 Å². The van der Waals surface area contributed by atoms with E-state index >= 15 is 0 Å². The van der Waals surface area contributed by atoms with E-state index < -0.39 is 0 Å². The summed E-state index contributed by atoms with van der Waals surface area (Å²) >= 11 is 0. The second kappa shape index (κ2) is 5.27. The van der Waals surface area contributed by atoms with Gasteiger partial charge in [-0.15, -0.1) is 0 Å². The summed E-state index contributed by atoms with van der Waals surface area (Å²) in [4.78, 5) is 2.92. The molecule has 3 aliphatic rings. The molecular weight excluding hydrogens is 208 g/mol. The Morgan fingerprint density at radius 2 is 1.82 bits per heavy atom. The molecule has 0 aromatic rings. The molecule has 98 valence electrons. The minimum atomic E-state index is 0.853. The van der Waals surface area contributed by atoms with Crippen molar-refractivity contribution < 1.29 is 0 Å². The van der Waals surface area contributed by atoms with Gasteiger partial charge in [0.05, 0.1) is 0 Å². The standard InChI is InChI=1S/C15H28N2/c1-2-12-10-16-11-15(12)17-9-5-7-13-6-3-4-8-14(13)17/h12-16H,2-11H2,1H3/t12?,13-,14-,15?/m1/s1. The Hall–Kier alpha value is -0.0800. The monoisotopic (exact) mass is 236 g/mol. The van der Waals surface area contributed by atoms with E-state index in [4.69, 9.17) is 0 Å². The first-order valence-corrected chi connectivity index (χ1v) is 7.86. The zero-order valence-corrected chi connectivity index (χ0v) is 11.3. The highest BCUT2D eigenvalue weighted by Gasteiger charge is 2.40. The van der Waals surface area contributed by atoms with Crippen molar-refractivity contribution >= 4 is 0 Å². The molecule has 2 heterocycles. The minimum Gasteiger partial charge on any atom is -0.315 e. The van der Waals surface area contributed by atoms with Crippen LogP contribution in [0.15, 0.2) is 0 Å². The van der Waals surface area contributed by atoms with Gasteiger partial charge in [-0.1, -0.05) is 26.2 Å². The summed E-state index contributed by atoms with van der Waals surface area (Å²) in [6.07, 6.45) is 10.3. The minimum absolute atomic E-state index is 0.853. The van der Waals surface area contributed by atoms with Gasteiger partial charge in [-0.05, 0) is 50.6 Å². The number of hydrogen-bond acceptors (Lipinski definition) is 2. The molecule has 4 atom stereocenters. The molecule has 0 amide bonds. The molecule has 0 bridgehead atoms. The van der Waals surface area contributed by atoms with E-state index in [0.29, 0.717) is 0 Å². The number of fused-ring (bicyclic) bond motifs is 1. The second-order valence-corrected chi connectivity index (χ2v) is 6.39. The third-order valence-electron chi connectivity index (χ3n) is 5.54. The van der Waals surface area contributed by atoms with Crippen molar-refractivity contribution in [3.63, 3.8) is 0 Å². The fourth-order valence-corrected chi connectivity index (χ4v) is 4.60. The molecule has 0 aromatic heterocycles. The van der Waals surface area contributed by atoms with Crippen molar-refractivity contribution in [1.82, 2.24) is 10.2 Å². The molecule has 0 spiro atoms. The van der Waals surface area contributed by atoms with Gasteiger partial charge in [0.25, 0.3) is 0 Å². The average Bonchev–Trinajstić information content (AvgIpc) is 2.86. The molecule has 2 unspecified atom stereocenters. The predicted molar refractivity (Wildman–Crippen MR) is 72.1 cm³/mol. The van der Waals surface area contributed by atoms with Gasteiger partial charge in [0.1, 0.15) is 0 Å². The van der Waals surface area contributed by atoms with Crippen molar-refractivity contribution in [3.8, 4) is 0 Å². The van der Waals surface area contributed by atoms with E-state index in [1.54, 1.807) is 0 Å². The Morgan fingerprint density at radius 1 is 1.00 bits per heavy atom. The lowest BCUT2D eigenvalue weighted by atomic mass is 9.77. The highest BCUT2D eigenvalue weighted by atomic mass is 15.2. The molecule has 0 radical (unpaired) electrons. The van der Waals surface area contributed by atoms with Crippen LogP contribution in [0, 0.1) is 11.8 Å². The van der Waals surface area contributed by atoms with Gasteiger partial charge in [-0.2, -0.15) is 0 Å². The summed E-state index contributed by atoms with van der Waals surface area (Å²) < 4.78 is 0. The molecular formula is C15H28N2. The maximum Gasteiger partial charge on any atom is 0.0263 e. The maximum absolute atomic E-state index is 3.62. The van der Waals surface area contributed by atoms with Gasteiger partial charge >= 0.3 is 0 Å². The largest absolute Gasteiger partial charge is 0.315 e. The van der Waals surface area contributed by atoms with E-state index in [9.17, 15) is 0 Å². The van der Waals surface area contributed by atoms with E-state index in [2.05, 4.69) is 17.1 Å². The normalized spacial score (nSPS) is 43.6. The Kier molecular flexibility index (Phi) is 3.72. The number of hydrogen-bond donors (Lipinski definition) is 1. The first-order valence-electron chi connectivity index (χ1n) is 7.86. The lowest BCUT2D eigenvalue weighted by Gasteiger charge is -2.48. The van der Waals surface area contributed by atoms with E-state index in [0.717, 1.165) is 23.9 Å². The van der Waals surface area contributed by atoms with Crippen molar-refractivity contribution in [2.24, 2.45) is 11.8 Å². The molecule has 1 N–H and O–H groups in total. The molecule has 0 aromatic carbocycles. The Labute approximate surface area is 106 Å². The fraction of sp³-hybridized carbons (Fsp3) is 1.00. The number of rotatable bonds is 2. The summed E-state index contributed by atoms with van der Waals surface area (Å²) in [7, 11) is 0. The van der Waals surface area contributed by atoms with Gasteiger partial charge in [0.2, 0.25) is 0 Å². The van der Waals surface area contributed by atoms with Crippen molar-refractivity contribution in [2.75, 3.05) is 19.6 Å². The molecule has 2 saturated heterocycles. The van der Waals surface area contributed by atoms with Crippen molar-refractivity contribution in [1.29, 1.82) is 0 Å². The maximum atomic E-state index is 3.62. The van der Waals surface area contributed by atoms with E-state index in [1.807, 2.05) is 0 Å². The van der Waals surface area contributed by atoms with Crippen LogP contribution < -0.4 is 5.32 Å². The quantitative estimate of drug-likeness (QED) is 0.793. The SMILES string of the molecule is CCC1CNCC1N1CCC[C@H]2CCCC[C@H]21. The van der Waals surface area contributed by atoms with Crippen LogP contribution in [0.25, 0.3) is 0 Å². The van der Waals surface area contributed by atoms with Crippen LogP contribution in [0.3, 0.4) is 0 Å². The Bertz CT molecular complexity index is 249. The summed E-state index contributed by atoms with van der Waals surface area (Å²) in [6.45, 7) is 6.26. The van der Waals surface area contributed by atoms with Gasteiger partial charge in [-0.3, -0.25) is 4.90 Å². The van der Waals surface area contributed by atoms with Gasteiger partial charge in [0, 0.05) is 18.6 Å². The topological polar surface area (TPSA) is 15.3 Å². The van der Waals surface area contributed by atoms with Gasteiger partial charge < -0.3 is 5.32 Å². The number of nitrogens with zero attached hydrogens (tertiary/aromatic N) is 1. The van der Waals surface area contributed by atoms with E-state index in [1.165, 1.54) is 64.6 Å². The number of likely N-dealkylation sites (tertiary alicyclic amines) is 1. The summed E-state index contributed by atoms with van der Waals surface area (Å²) in [5, 5.41) is 3.62. The molecule has 2 heteroatoms. The van der Waals surface area contributed by atoms with Crippen LogP contribution in [-0.2, 0) is 0 Å². The zero-order valence-electron chi connectivity index (χ0n) is 11.3. The lowest BCUT2D eigenvalue weighted by Crippen LogP contribution is -2.53. The Balaban J connectivity index is 1.72. The average molecular weight is 236 g/mol. The number of piperidine rings is 1. The summed E-state index contributed by atoms with van der Waals surface area (Å²) in [5.74, 6) is 1.95. The van der Waals surface area contributed by atoms with Crippen molar-refractivity contribution in [3.05, 3.63) is 0 Å². The van der Waals surface area contributed by atoms with Crippen LogP contribution in [0.2, 0.25) is 0 Å². The lowest BCUT2D eigenvalue weighted by molar-refractivity contribution is 0.0175. The van der Waals surface area contributed by atoms with Gasteiger partial charge in [-0.25, -0.2) is 0 Å². The first-order chi connectivity index (χ1) is 8.40. The van der Waals surface area contributed by atoms with Crippen LogP contribution in [0.4, 0.5) is 0 Å². The summed E-state index contributed by atoms with van der Waals surface area (Å²) in [6, 6.07) is 1.79. The molecule has 3 rings (SSSR count). The zero-order chi connectivity index (χ0) is 11.7. The smallest absolute Gasteiger partial charge is 0.0263 e. The first kappa shape index (κ1) is 12.0. The third-order valence-corrected chi connectivity index (χ3v) is 5.54. The highest BCUT2D eigenvalue weighted by Crippen LogP contribution is 2.38. The molecule has 2 nitrogen and oxygen atoms in total. The van der Waals surface area contributed by atoms with Crippen molar-refractivity contribution in [2.45, 2.75) is 64.0 Å². The fourth-order valence-electron chi connectivity index (χ4n) is 4.60. The molecule has 2 aliphatic heterocycles.